The summed E-state index contributed by atoms with van der Waals surface area (Å²) < 4.78 is 22.8. The zero-order valence-corrected chi connectivity index (χ0v) is 40.5. The number of nitrogens with zero attached hydrogens (tertiary/aromatic N) is 2. The fourth-order valence-electron chi connectivity index (χ4n) is 11.1. The third-order valence-electron chi connectivity index (χ3n) is 14.7. The molecule has 4 aromatic heterocycles. The number of nitrogens with one attached hydrogen (secondary N) is 1. The molecule has 14 rings (SSSR count). The summed E-state index contributed by atoms with van der Waals surface area (Å²) in [5.41, 5.74) is 19.2. The summed E-state index contributed by atoms with van der Waals surface area (Å²) in [7, 11) is 2.28. The van der Waals surface area contributed by atoms with Gasteiger partial charge in [-0.25, -0.2) is 0 Å². The summed E-state index contributed by atoms with van der Waals surface area (Å²) in [6.45, 7) is 13.6. The number of hydrogen-bond acceptors (Lipinski definition) is 5. The molecule has 5 heterocycles. The molecule has 0 unspecified atom stereocenters. The smallest absolute Gasteiger partial charge is 0.247 e. The Balaban J connectivity index is 1.04. The molecule has 0 atom stereocenters. The zero-order valence-electron chi connectivity index (χ0n) is 40.5. The fourth-order valence-corrected chi connectivity index (χ4v) is 11.1. The number of benzene rings is 9. The molecule has 0 bridgehead atoms. The maximum absolute atomic E-state index is 6.94. The molecule has 341 valence electrons. The van der Waals surface area contributed by atoms with E-state index in [1.165, 1.54) is 16.5 Å². The lowest BCUT2D eigenvalue weighted by molar-refractivity contribution is 0.590. The summed E-state index contributed by atoms with van der Waals surface area (Å²) in [6.07, 6.45) is 0. The van der Waals surface area contributed by atoms with Crippen molar-refractivity contribution in [2.24, 2.45) is 0 Å². The van der Waals surface area contributed by atoms with Crippen molar-refractivity contribution in [1.82, 2.24) is 4.57 Å². The molecular weight excluding hydrogens is 870 g/mol. The predicted octanol–water partition coefficient (Wildman–Crippen LogP) is 16.8. The normalized spacial score (nSPS) is 12.8. The van der Waals surface area contributed by atoms with E-state index in [1.54, 1.807) is 0 Å². The highest BCUT2D eigenvalue weighted by Crippen LogP contribution is 2.46. The van der Waals surface area contributed by atoms with Crippen LogP contribution >= 0.6 is 0 Å². The molecule has 0 fully saturated rings. The second-order valence-corrected chi connectivity index (χ2v) is 21.3. The van der Waals surface area contributed by atoms with Crippen LogP contribution in [0.5, 0.6) is 0 Å². The van der Waals surface area contributed by atoms with Crippen LogP contribution in [-0.4, -0.2) is 11.8 Å². The Labute approximate surface area is 412 Å². The molecule has 6 nitrogen and oxygen atoms in total. The van der Waals surface area contributed by atoms with Gasteiger partial charge in [-0.05, 0) is 118 Å². The van der Waals surface area contributed by atoms with Gasteiger partial charge in [0, 0.05) is 83.7 Å². The van der Waals surface area contributed by atoms with Gasteiger partial charge in [-0.1, -0.05) is 126 Å². The zero-order chi connectivity index (χ0) is 47.9. The molecular formula is C64H49BN3O3. The third kappa shape index (κ3) is 6.49. The molecule has 0 saturated carbocycles. The van der Waals surface area contributed by atoms with Crippen LogP contribution in [0.3, 0.4) is 0 Å². The molecule has 1 aliphatic heterocycles. The highest BCUT2D eigenvalue weighted by Gasteiger charge is 2.32. The summed E-state index contributed by atoms with van der Waals surface area (Å²) in [5, 5.41) is 11.6. The third-order valence-corrected chi connectivity index (χ3v) is 14.7. The van der Waals surface area contributed by atoms with Crippen LogP contribution in [0.25, 0.3) is 93.5 Å². The van der Waals surface area contributed by atoms with Gasteiger partial charge in [-0.15, -0.1) is 0 Å². The number of hydrogen-bond donors (Lipinski definition) is 1. The Kier molecular flexibility index (Phi) is 8.80. The van der Waals surface area contributed by atoms with E-state index in [9.17, 15) is 0 Å². The average Bonchev–Trinajstić information content (AvgIpc) is 4.12. The Morgan fingerprint density at radius 3 is 1.79 bits per heavy atom. The van der Waals surface area contributed by atoms with Crippen molar-refractivity contribution >= 4 is 123 Å². The predicted molar refractivity (Wildman–Crippen MR) is 297 cm³/mol. The number of furan rings is 3. The lowest BCUT2D eigenvalue weighted by Gasteiger charge is -2.25. The van der Waals surface area contributed by atoms with E-state index in [0.29, 0.717) is 0 Å². The van der Waals surface area contributed by atoms with Gasteiger partial charge in [0.05, 0.1) is 22.6 Å². The van der Waals surface area contributed by atoms with E-state index in [2.05, 4.69) is 240 Å². The summed E-state index contributed by atoms with van der Waals surface area (Å²) in [6, 6.07) is 65.2. The Bertz CT molecular complexity index is 4260. The van der Waals surface area contributed by atoms with Crippen molar-refractivity contribution in [2.75, 3.05) is 10.2 Å². The van der Waals surface area contributed by atoms with E-state index < -0.39 is 0 Å². The first kappa shape index (κ1) is 41.5. The van der Waals surface area contributed by atoms with Crippen molar-refractivity contribution in [2.45, 2.75) is 52.4 Å². The maximum Gasteiger partial charge on any atom is 0.247 e. The van der Waals surface area contributed by atoms with E-state index in [4.69, 9.17) is 13.3 Å². The summed E-state index contributed by atoms with van der Waals surface area (Å²) >= 11 is 0. The van der Waals surface area contributed by atoms with Gasteiger partial charge < -0.3 is 28.0 Å². The molecule has 1 radical (unpaired) electrons. The quantitative estimate of drug-likeness (QED) is 0.168. The SMILES string of the molecule is CC(C)(C)c1ccc(Nc2cc3oc4ccc(N(c5ccccc5)c5ccccc5)cc4c3cc2-c2ccc3c4cc5c(cc4n4c3c2[B]c2oc3ccc(C(C)(C)C)cc3c2-4)oc2ccccc25)cc1. The Morgan fingerprint density at radius 1 is 0.437 bits per heavy atom. The molecule has 13 aromatic rings. The highest BCUT2D eigenvalue weighted by molar-refractivity contribution is 6.73. The van der Waals surface area contributed by atoms with Crippen LogP contribution in [-0.2, 0) is 10.8 Å². The van der Waals surface area contributed by atoms with E-state index in [-0.39, 0.29) is 10.8 Å². The standard InChI is InChI=1S/C64H49BN3O3/c1-63(2,3)37-21-24-39(25-22-37)66-52-35-57-50(48-32-42(26-30-55(48)70-57)67(40-15-9-7-10-16-40)41-17-11-8-12-18-41)33-46(52)44-27-28-45-47-34-49-43-19-13-14-20-54(43)69-58(49)36-53(47)68-60(45)59(44)65-62-61(68)51-31-38(64(4,5)6)23-29-56(51)71-62/h7-36,66H,1-6H3. The molecule has 71 heavy (non-hydrogen) atoms. The number of aromatic nitrogens is 1. The first-order chi connectivity index (χ1) is 34.4. The van der Waals surface area contributed by atoms with Crippen LogP contribution in [0.2, 0.25) is 0 Å². The molecule has 1 N–H and O–H groups in total. The summed E-state index contributed by atoms with van der Waals surface area (Å²) in [4.78, 5) is 2.30. The van der Waals surface area contributed by atoms with Gasteiger partial charge in [0.1, 0.15) is 27.9 Å². The van der Waals surface area contributed by atoms with E-state index >= 15 is 0 Å². The van der Waals surface area contributed by atoms with Crippen LogP contribution in [0.15, 0.2) is 195 Å². The van der Waals surface area contributed by atoms with E-state index in [1.807, 2.05) is 6.07 Å². The first-order valence-corrected chi connectivity index (χ1v) is 24.6. The van der Waals surface area contributed by atoms with Crippen molar-refractivity contribution < 1.29 is 13.3 Å². The van der Waals surface area contributed by atoms with Crippen molar-refractivity contribution in [3.8, 4) is 16.8 Å². The molecule has 0 amide bonds. The number of rotatable bonds is 6. The largest absolute Gasteiger partial charge is 0.469 e. The van der Waals surface area contributed by atoms with Gasteiger partial charge >= 0.3 is 0 Å². The minimum atomic E-state index is -0.0508. The molecule has 1 aliphatic rings. The van der Waals surface area contributed by atoms with Gasteiger partial charge in [0.2, 0.25) is 7.28 Å². The minimum Gasteiger partial charge on any atom is -0.469 e. The van der Waals surface area contributed by atoms with E-state index in [0.717, 1.165) is 128 Å². The topological polar surface area (TPSA) is 59.6 Å². The van der Waals surface area contributed by atoms with Crippen LogP contribution < -0.4 is 21.3 Å². The number of fused-ring (bicyclic) bond motifs is 13. The average molecular weight is 919 g/mol. The second kappa shape index (κ2) is 15.0. The van der Waals surface area contributed by atoms with Crippen LogP contribution in [0, 0.1) is 0 Å². The monoisotopic (exact) mass is 918 g/mol. The maximum atomic E-state index is 6.94. The lowest BCUT2D eigenvalue weighted by Crippen LogP contribution is -2.36. The Hall–Kier alpha value is -8.42. The second-order valence-electron chi connectivity index (χ2n) is 21.3. The highest BCUT2D eigenvalue weighted by atomic mass is 16.3. The molecule has 0 saturated heterocycles. The minimum absolute atomic E-state index is 0.0260. The summed E-state index contributed by atoms with van der Waals surface area (Å²) in [5.74, 6) is 0. The molecule has 9 aromatic carbocycles. The van der Waals surface area contributed by atoms with Gasteiger partial charge in [-0.2, -0.15) is 0 Å². The van der Waals surface area contributed by atoms with Crippen molar-refractivity contribution in [1.29, 1.82) is 0 Å². The number of para-hydroxylation sites is 3. The van der Waals surface area contributed by atoms with Gasteiger partial charge in [-0.3, -0.25) is 0 Å². The lowest BCUT2D eigenvalue weighted by atomic mass is 9.62. The fraction of sp³-hybridized carbons (Fsp3) is 0.125. The van der Waals surface area contributed by atoms with Crippen LogP contribution in [0.4, 0.5) is 28.4 Å². The van der Waals surface area contributed by atoms with Crippen LogP contribution in [0.1, 0.15) is 52.7 Å². The Morgan fingerprint density at radius 2 is 1.06 bits per heavy atom. The first-order valence-electron chi connectivity index (χ1n) is 24.6. The number of anilines is 5. The van der Waals surface area contributed by atoms with Gasteiger partial charge in [0.25, 0.3) is 0 Å². The van der Waals surface area contributed by atoms with Gasteiger partial charge in [0.15, 0.2) is 0 Å². The molecule has 7 heteroatoms. The van der Waals surface area contributed by atoms with Crippen molar-refractivity contribution in [3.05, 3.63) is 193 Å². The molecule has 0 spiro atoms. The van der Waals surface area contributed by atoms with Crippen molar-refractivity contribution in [3.63, 3.8) is 0 Å². The molecule has 0 aliphatic carbocycles.